The molecule has 1 N–H and O–H groups in total. The van der Waals surface area contributed by atoms with Crippen molar-refractivity contribution in [3.05, 3.63) is 70.5 Å². The largest absolute Gasteiger partial charge is 0.487 e. The van der Waals surface area contributed by atoms with Gasteiger partial charge in [-0.3, -0.25) is 0 Å². The van der Waals surface area contributed by atoms with Crippen molar-refractivity contribution in [3.63, 3.8) is 0 Å². The number of carboxylic acids is 1. The highest BCUT2D eigenvalue weighted by atomic mass is 35.5. The van der Waals surface area contributed by atoms with E-state index in [-0.39, 0.29) is 6.61 Å². The van der Waals surface area contributed by atoms with Crippen molar-refractivity contribution >= 4 is 23.6 Å². The summed E-state index contributed by atoms with van der Waals surface area (Å²) in [5.41, 5.74) is 1.04. The van der Waals surface area contributed by atoms with Crippen molar-refractivity contribution in [1.29, 1.82) is 0 Å². The van der Waals surface area contributed by atoms with Gasteiger partial charge < -0.3 is 9.84 Å². The Morgan fingerprint density at radius 1 is 1.29 bits per heavy atom. The van der Waals surface area contributed by atoms with Crippen LogP contribution in [-0.4, -0.2) is 11.1 Å². The van der Waals surface area contributed by atoms with Gasteiger partial charge in [0.05, 0.1) is 5.02 Å². The number of para-hydroxylation sites is 1. The van der Waals surface area contributed by atoms with Crippen LogP contribution in [0.3, 0.4) is 0 Å². The molecule has 0 aliphatic heterocycles. The summed E-state index contributed by atoms with van der Waals surface area (Å²) in [6.45, 7) is 0.134. The Hall–Kier alpha value is -2.33. The van der Waals surface area contributed by atoms with E-state index in [1.165, 1.54) is 18.2 Å². The molecule has 0 aliphatic rings. The third kappa shape index (κ3) is 4.61. The van der Waals surface area contributed by atoms with Gasteiger partial charge in [-0.05, 0) is 47.5 Å². The molecule has 0 amide bonds. The number of carboxylic acid groups (broad SMARTS) is 1. The minimum atomic E-state index is -1.09. The van der Waals surface area contributed by atoms with Gasteiger partial charge in [-0.15, -0.1) is 0 Å². The molecular formula is C16H12ClFO3. The first-order chi connectivity index (χ1) is 10.0. The number of aliphatic carboxylic acids is 1. The molecule has 0 bridgehead atoms. The molecule has 0 unspecified atom stereocenters. The highest BCUT2D eigenvalue weighted by Gasteiger charge is 2.03. The molecule has 5 heteroatoms. The molecule has 0 saturated heterocycles. The standard InChI is InChI=1S/C16H12ClFO3/c17-14-3-1-2-4-15(14)21-10-12-7-11(5-6-16(19)20)8-13(18)9-12/h1-9H,10H2,(H,19,20). The number of benzene rings is 2. The van der Waals surface area contributed by atoms with E-state index in [0.29, 0.717) is 21.9 Å². The van der Waals surface area contributed by atoms with Gasteiger partial charge in [0, 0.05) is 6.08 Å². The van der Waals surface area contributed by atoms with Gasteiger partial charge in [0.15, 0.2) is 0 Å². The molecular weight excluding hydrogens is 295 g/mol. The summed E-state index contributed by atoms with van der Waals surface area (Å²) in [6, 6.07) is 11.2. The molecule has 0 radical (unpaired) electrons. The van der Waals surface area contributed by atoms with E-state index in [1.807, 2.05) is 0 Å². The molecule has 0 heterocycles. The Morgan fingerprint density at radius 2 is 2.05 bits per heavy atom. The lowest BCUT2D eigenvalue weighted by Gasteiger charge is -2.08. The lowest BCUT2D eigenvalue weighted by atomic mass is 10.1. The normalized spacial score (nSPS) is 10.8. The topological polar surface area (TPSA) is 46.5 Å². The summed E-state index contributed by atoms with van der Waals surface area (Å²) < 4.78 is 19.0. The molecule has 108 valence electrons. The summed E-state index contributed by atoms with van der Waals surface area (Å²) >= 11 is 5.96. The maximum Gasteiger partial charge on any atom is 0.328 e. The lowest BCUT2D eigenvalue weighted by Crippen LogP contribution is -1.97. The monoisotopic (exact) mass is 306 g/mol. The Morgan fingerprint density at radius 3 is 2.76 bits per heavy atom. The van der Waals surface area contributed by atoms with Gasteiger partial charge in [0.2, 0.25) is 0 Å². The zero-order valence-electron chi connectivity index (χ0n) is 10.9. The van der Waals surface area contributed by atoms with E-state index in [4.69, 9.17) is 21.4 Å². The van der Waals surface area contributed by atoms with Crippen molar-refractivity contribution in [2.75, 3.05) is 0 Å². The highest BCUT2D eigenvalue weighted by molar-refractivity contribution is 6.32. The summed E-state index contributed by atoms with van der Waals surface area (Å²) in [5, 5.41) is 9.05. The van der Waals surface area contributed by atoms with E-state index >= 15 is 0 Å². The Kier molecular flexibility index (Phi) is 4.95. The minimum absolute atomic E-state index is 0.134. The Bertz CT molecular complexity index is 683. The van der Waals surface area contributed by atoms with Crippen LogP contribution in [0.2, 0.25) is 5.02 Å². The summed E-state index contributed by atoms with van der Waals surface area (Å²) in [6.07, 6.45) is 2.28. The first-order valence-corrected chi connectivity index (χ1v) is 6.50. The lowest BCUT2D eigenvalue weighted by molar-refractivity contribution is -0.131. The zero-order valence-corrected chi connectivity index (χ0v) is 11.7. The van der Waals surface area contributed by atoms with Crippen molar-refractivity contribution in [3.8, 4) is 5.75 Å². The third-order valence-corrected chi connectivity index (χ3v) is 2.94. The van der Waals surface area contributed by atoms with Gasteiger partial charge in [0.25, 0.3) is 0 Å². The maximum atomic E-state index is 13.5. The van der Waals surface area contributed by atoms with Crippen LogP contribution in [0.1, 0.15) is 11.1 Å². The van der Waals surface area contributed by atoms with Crippen LogP contribution in [0.15, 0.2) is 48.5 Å². The number of ether oxygens (including phenoxy) is 1. The van der Waals surface area contributed by atoms with Crippen LogP contribution in [0.25, 0.3) is 6.08 Å². The molecule has 0 aromatic heterocycles. The number of carbonyl (C=O) groups is 1. The fourth-order valence-corrected chi connectivity index (χ4v) is 1.94. The van der Waals surface area contributed by atoms with Crippen molar-refractivity contribution in [2.24, 2.45) is 0 Å². The molecule has 2 aromatic rings. The second-order valence-electron chi connectivity index (χ2n) is 4.28. The third-order valence-electron chi connectivity index (χ3n) is 2.63. The van der Waals surface area contributed by atoms with Crippen molar-refractivity contribution < 1.29 is 19.0 Å². The fourth-order valence-electron chi connectivity index (χ4n) is 1.75. The van der Waals surface area contributed by atoms with Gasteiger partial charge in [0.1, 0.15) is 18.2 Å². The predicted molar refractivity (Wildman–Crippen MR) is 78.9 cm³/mol. The van der Waals surface area contributed by atoms with E-state index in [2.05, 4.69) is 0 Å². The second-order valence-corrected chi connectivity index (χ2v) is 4.69. The molecule has 0 saturated carbocycles. The molecule has 0 aliphatic carbocycles. The highest BCUT2D eigenvalue weighted by Crippen LogP contribution is 2.24. The van der Waals surface area contributed by atoms with Crippen molar-refractivity contribution in [1.82, 2.24) is 0 Å². The quantitative estimate of drug-likeness (QED) is 0.844. The average Bonchev–Trinajstić information content (AvgIpc) is 2.44. The summed E-state index contributed by atoms with van der Waals surface area (Å²) in [5.74, 6) is -1.04. The average molecular weight is 307 g/mol. The molecule has 21 heavy (non-hydrogen) atoms. The van der Waals surface area contributed by atoms with Crippen LogP contribution in [-0.2, 0) is 11.4 Å². The van der Waals surface area contributed by atoms with Crippen LogP contribution >= 0.6 is 11.6 Å². The number of hydrogen-bond acceptors (Lipinski definition) is 2. The van der Waals surface area contributed by atoms with Gasteiger partial charge in [-0.2, -0.15) is 0 Å². The molecule has 0 atom stereocenters. The Balaban J connectivity index is 2.13. The van der Waals surface area contributed by atoms with Crippen LogP contribution in [0.5, 0.6) is 5.75 Å². The fraction of sp³-hybridized carbons (Fsp3) is 0.0625. The van der Waals surface area contributed by atoms with E-state index in [1.54, 1.807) is 30.3 Å². The van der Waals surface area contributed by atoms with E-state index in [9.17, 15) is 9.18 Å². The van der Waals surface area contributed by atoms with E-state index in [0.717, 1.165) is 6.08 Å². The van der Waals surface area contributed by atoms with Crippen LogP contribution in [0.4, 0.5) is 4.39 Å². The SMILES string of the molecule is O=C(O)C=Cc1cc(F)cc(COc2ccccc2Cl)c1. The summed E-state index contributed by atoms with van der Waals surface area (Å²) in [4.78, 5) is 10.5. The summed E-state index contributed by atoms with van der Waals surface area (Å²) in [7, 11) is 0. The smallest absolute Gasteiger partial charge is 0.328 e. The van der Waals surface area contributed by atoms with Gasteiger partial charge in [-0.1, -0.05) is 23.7 Å². The van der Waals surface area contributed by atoms with Crippen molar-refractivity contribution in [2.45, 2.75) is 6.61 Å². The molecule has 2 aromatic carbocycles. The Labute approximate surface area is 126 Å². The predicted octanol–water partition coefficient (Wildman–Crippen LogP) is 4.16. The zero-order chi connectivity index (χ0) is 15.2. The van der Waals surface area contributed by atoms with Gasteiger partial charge in [-0.25, -0.2) is 9.18 Å². The maximum absolute atomic E-state index is 13.5. The molecule has 0 fully saturated rings. The first-order valence-electron chi connectivity index (χ1n) is 6.12. The minimum Gasteiger partial charge on any atom is -0.487 e. The van der Waals surface area contributed by atoms with Crippen LogP contribution < -0.4 is 4.74 Å². The molecule has 3 nitrogen and oxygen atoms in total. The second kappa shape index (κ2) is 6.90. The van der Waals surface area contributed by atoms with Crippen LogP contribution in [0, 0.1) is 5.82 Å². The molecule has 2 rings (SSSR count). The first kappa shape index (κ1) is 15.1. The van der Waals surface area contributed by atoms with Gasteiger partial charge >= 0.3 is 5.97 Å². The number of rotatable bonds is 5. The number of halogens is 2. The molecule has 0 spiro atoms. The van der Waals surface area contributed by atoms with E-state index < -0.39 is 11.8 Å². The number of hydrogen-bond donors (Lipinski definition) is 1.